The van der Waals surface area contributed by atoms with Gasteiger partial charge in [0.05, 0.1) is 18.7 Å². The van der Waals surface area contributed by atoms with E-state index in [9.17, 15) is 14.0 Å². The number of halogens is 2. The van der Waals surface area contributed by atoms with E-state index >= 15 is 0 Å². The van der Waals surface area contributed by atoms with Crippen LogP contribution in [0.1, 0.15) is 18.1 Å². The molecule has 8 heteroatoms. The maximum atomic E-state index is 13.2. The number of aromatic nitrogens is 1. The number of fused-ring (bicyclic) bond motifs is 1. The molecule has 1 aliphatic rings. The largest absolute Gasteiger partial charge is 0.493 e. The minimum atomic E-state index is -0.463. The van der Waals surface area contributed by atoms with Gasteiger partial charge in [-0.15, -0.1) is 0 Å². The molecule has 1 aromatic heterocycles. The van der Waals surface area contributed by atoms with Crippen LogP contribution < -0.4 is 15.0 Å². The van der Waals surface area contributed by atoms with Crippen LogP contribution in [0.15, 0.2) is 54.7 Å². The van der Waals surface area contributed by atoms with Gasteiger partial charge in [0.2, 0.25) is 11.8 Å². The minimum Gasteiger partial charge on any atom is -0.493 e. The summed E-state index contributed by atoms with van der Waals surface area (Å²) in [7, 11) is 0. The highest BCUT2D eigenvalue weighted by molar-refractivity contribution is 6.31. The van der Waals surface area contributed by atoms with Crippen LogP contribution in [0, 0.1) is 5.82 Å². The molecule has 0 saturated heterocycles. The number of ether oxygens (including phenoxy) is 1. The van der Waals surface area contributed by atoms with Crippen LogP contribution in [-0.4, -0.2) is 23.4 Å². The van der Waals surface area contributed by atoms with Crippen LogP contribution in [-0.2, 0) is 22.4 Å². The number of benzene rings is 2. The van der Waals surface area contributed by atoms with Crippen LogP contribution in [0.25, 0.3) is 0 Å². The molecule has 6 nitrogen and oxygen atoms in total. The molecule has 2 aromatic carbocycles. The first kappa shape index (κ1) is 20.8. The Morgan fingerprint density at radius 1 is 1.19 bits per heavy atom. The van der Waals surface area contributed by atoms with Crippen LogP contribution in [0.5, 0.6) is 5.75 Å². The molecule has 2 heterocycles. The zero-order valence-corrected chi connectivity index (χ0v) is 17.4. The number of nitrogens with zero attached hydrogens (tertiary/aromatic N) is 2. The fraction of sp³-hybridized carbons (Fsp3) is 0.174. The van der Waals surface area contributed by atoms with Crippen molar-refractivity contribution >= 4 is 40.6 Å². The number of anilines is 3. The van der Waals surface area contributed by atoms with Gasteiger partial charge in [0.25, 0.3) is 0 Å². The number of pyridine rings is 1. The SMILES string of the molecule is CC(=O)N(c1ccc2c(c1)CCO2)c1cc(NC(=O)Cc2ccc(F)cc2Cl)ccn1. The van der Waals surface area contributed by atoms with Crippen molar-refractivity contribution in [2.75, 3.05) is 16.8 Å². The maximum Gasteiger partial charge on any atom is 0.229 e. The summed E-state index contributed by atoms with van der Waals surface area (Å²) in [5, 5.41) is 2.96. The van der Waals surface area contributed by atoms with Gasteiger partial charge in [-0.25, -0.2) is 9.37 Å². The van der Waals surface area contributed by atoms with Crippen molar-refractivity contribution in [2.24, 2.45) is 0 Å². The third-order valence-electron chi connectivity index (χ3n) is 4.87. The highest BCUT2D eigenvalue weighted by Gasteiger charge is 2.20. The lowest BCUT2D eigenvalue weighted by Crippen LogP contribution is -2.24. The van der Waals surface area contributed by atoms with Crippen LogP contribution in [0.4, 0.5) is 21.6 Å². The van der Waals surface area contributed by atoms with Crippen molar-refractivity contribution < 1.29 is 18.7 Å². The van der Waals surface area contributed by atoms with Crippen molar-refractivity contribution in [1.82, 2.24) is 4.98 Å². The number of carbonyl (C=O) groups is 2. The fourth-order valence-electron chi connectivity index (χ4n) is 3.45. The van der Waals surface area contributed by atoms with Gasteiger partial charge in [0.15, 0.2) is 0 Å². The summed E-state index contributed by atoms with van der Waals surface area (Å²) in [6.45, 7) is 2.07. The number of carbonyl (C=O) groups excluding carboxylic acids is 2. The minimum absolute atomic E-state index is 0.0159. The predicted octanol–water partition coefficient (Wildman–Crippen LogP) is 4.67. The first-order chi connectivity index (χ1) is 14.9. The quantitative estimate of drug-likeness (QED) is 0.626. The molecule has 0 aliphatic carbocycles. The van der Waals surface area contributed by atoms with Gasteiger partial charge >= 0.3 is 0 Å². The Balaban J connectivity index is 1.54. The zero-order chi connectivity index (χ0) is 22.0. The Bertz CT molecular complexity index is 1170. The highest BCUT2D eigenvalue weighted by atomic mass is 35.5. The van der Waals surface area contributed by atoms with Gasteiger partial charge < -0.3 is 10.1 Å². The normalized spacial score (nSPS) is 12.1. The lowest BCUT2D eigenvalue weighted by molar-refractivity contribution is -0.116. The van der Waals surface area contributed by atoms with Crippen LogP contribution in [0.3, 0.4) is 0 Å². The summed E-state index contributed by atoms with van der Waals surface area (Å²) in [5.41, 5.74) is 2.69. The van der Waals surface area contributed by atoms with Crippen LogP contribution >= 0.6 is 11.6 Å². The van der Waals surface area contributed by atoms with Gasteiger partial charge in [-0.1, -0.05) is 17.7 Å². The van der Waals surface area contributed by atoms with Gasteiger partial charge in [0, 0.05) is 36.3 Å². The van der Waals surface area contributed by atoms with E-state index in [4.69, 9.17) is 16.3 Å². The number of hydrogen-bond donors (Lipinski definition) is 1. The van der Waals surface area contributed by atoms with Gasteiger partial charge in [-0.05, 0) is 47.5 Å². The molecule has 1 N–H and O–H groups in total. The number of amides is 2. The van der Waals surface area contributed by atoms with E-state index in [1.807, 2.05) is 12.1 Å². The van der Waals surface area contributed by atoms with Crippen molar-refractivity contribution in [3.8, 4) is 5.75 Å². The lowest BCUT2D eigenvalue weighted by atomic mass is 10.1. The molecule has 31 heavy (non-hydrogen) atoms. The smallest absolute Gasteiger partial charge is 0.229 e. The summed E-state index contributed by atoms with van der Waals surface area (Å²) >= 11 is 6.00. The van der Waals surface area contributed by atoms with Crippen molar-refractivity contribution in [3.63, 3.8) is 0 Å². The fourth-order valence-corrected chi connectivity index (χ4v) is 3.68. The number of rotatable bonds is 5. The average Bonchev–Trinajstić information content (AvgIpc) is 3.18. The van der Waals surface area contributed by atoms with Crippen molar-refractivity contribution in [3.05, 3.63) is 76.7 Å². The molecule has 4 rings (SSSR count). The van der Waals surface area contributed by atoms with E-state index in [1.165, 1.54) is 36.2 Å². The molecule has 0 atom stereocenters. The maximum absolute atomic E-state index is 13.2. The molecular formula is C23H19ClFN3O3. The monoisotopic (exact) mass is 439 g/mol. The summed E-state index contributed by atoms with van der Waals surface area (Å²) in [4.78, 5) is 30.6. The standard InChI is InChI=1S/C23H19ClFN3O3/c1-14(29)28(19-4-5-21-16(10-19)7-9-31-21)22-13-18(6-8-26-22)27-23(30)11-15-2-3-17(25)12-20(15)24/h2-6,8,10,12-13H,7,9,11H2,1H3,(H,26,27,30). The first-order valence-corrected chi connectivity index (χ1v) is 10.0. The predicted molar refractivity (Wildman–Crippen MR) is 116 cm³/mol. The molecular weight excluding hydrogens is 421 g/mol. The lowest BCUT2D eigenvalue weighted by Gasteiger charge is -2.21. The first-order valence-electron chi connectivity index (χ1n) is 9.67. The Morgan fingerprint density at radius 2 is 2.03 bits per heavy atom. The van der Waals surface area contributed by atoms with Crippen molar-refractivity contribution in [2.45, 2.75) is 19.8 Å². The summed E-state index contributed by atoms with van der Waals surface area (Å²) in [5.74, 6) is 0.197. The Kier molecular flexibility index (Phi) is 5.86. The molecule has 2 amide bonds. The summed E-state index contributed by atoms with van der Waals surface area (Å²) in [6, 6.07) is 12.7. The molecule has 0 bridgehead atoms. The molecule has 158 valence electrons. The third kappa shape index (κ3) is 4.67. The molecule has 0 saturated carbocycles. The molecule has 0 spiro atoms. The summed E-state index contributed by atoms with van der Waals surface area (Å²) < 4.78 is 18.7. The van der Waals surface area contributed by atoms with Gasteiger partial charge in [0.1, 0.15) is 17.4 Å². The molecule has 0 fully saturated rings. The molecule has 3 aromatic rings. The number of nitrogens with one attached hydrogen (secondary N) is 1. The Labute approximate surface area is 183 Å². The highest BCUT2D eigenvalue weighted by Crippen LogP contribution is 2.33. The number of hydrogen-bond acceptors (Lipinski definition) is 4. The van der Waals surface area contributed by atoms with E-state index in [1.54, 1.807) is 18.2 Å². The second kappa shape index (κ2) is 8.73. The Morgan fingerprint density at radius 3 is 2.81 bits per heavy atom. The van der Waals surface area contributed by atoms with E-state index < -0.39 is 5.82 Å². The topological polar surface area (TPSA) is 71.5 Å². The van der Waals surface area contributed by atoms with E-state index in [0.717, 1.165) is 17.7 Å². The summed E-state index contributed by atoms with van der Waals surface area (Å²) in [6.07, 6.45) is 2.28. The van der Waals surface area contributed by atoms with Gasteiger partial charge in [-0.2, -0.15) is 0 Å². The second-order valence-corrected chi connectivity index (χ2v) is 7.52. The van der Waals surface area contributed by atoms with E-state index in [-0.39, 0.29) is 23.3 Å². The van der Waals surface area contributed by atoms with Gasteiger partial charge in [-0.3, -0.25) is 14.5 Å². The van der Waals surface area contributed by atoms with E-state index in [2.05, 4.69) is 10.3 Å². The average molecular weight is 440 g/mol. The van der Waals surface area contributed by atoms with E-state index in [0.29, 0.717) is 29.4 Å². The molecule has 0 radical (unpaired) electrons. The third-order valence-corrected chi connectivity index (χ3v) is 5.22. The van der Waals surface area contributed by atoms with Crippen molar-refractivity contribution in [1.29, 1.82) is 0 Å². The molecule has 0 unspecified atom stereocenters. The zero-order valence-electron chi connectivity index (χ0n) is 16.7. The Hall–Kier alpha value is -3.45. The second-order valence-electron chi connectivity index (χ2n) is 7.11. The molecule has 1 aliphatic heterocycles. The van der Waals surface area contributed by atoms with Crippen LogP contribution in [0.2, 0.25) is 5.02 Å².